The highest BCUT2D eigenvalue weighted by Crippen LogP contribution is 2.26. The Morgan fingerprint density at radius 2 is 1.69 bits per heavy atom. The molecule has 6 heteroatoms. The predicted octanol–water partition coefficient (Wildman–Crippen LogP) is 4.75. The normalized spacial score (nSPS) is 13.9. The molecule has 1 aliphatic rings. The summed E-state index contributed by atoms with van der Waals surface area (Å²) in [6, 6.07) is 23.0. The quantitative estimate of drug-likeness (QED) is 0.514. The van der Waals surface area contributed by atoms with Crippen LogP contribution in [0.4, 0.5) is 15.8 Å². The summed E-state index contributed by atoms with van der Waals surface area (Å²) in [4.78, 5) is 30.6. The molecule has 0 aliphatic carbocycles. The van der Waals surface area contributed by atoms with Crippen molar-refractivity contribution in [1.29, 1.82) is 0 Å². The summed E-state index contributed by atoms with van der Waals surface area (Å²) in [5.41, 5.74) is 3.91. The van der Waals surface area contributed by atoms with E-state index >= 15 is 0 Å². The van der Waals surface area contributed by atoms with Crippen LogP contribution in [0.2, 0.25) is 0 Å². The van der Waals surface area contributed by atoms with E-state index in [2.05, 4.69) is 22.3 Å². The molecule has 5 nitrogen and oxygen atoms in total. The minimum atomic E-state index is -0.739. The summed E-state index contributed by atoms with van der Waals surface area (Å²) < 4.78 is 13.5. The maximum Gasteiger partial charge on any atom is 0.249 e. The molecule has 3 aromatic rings. The van der Waals surface area contributed by atoms with Gasteiger partial charge >= 0.3 is 0 Å². The Bertz CT molecular complexity index is 1130. The minimum Gasteiger partial charge on any atom is -0.362 e. The van der Waals surface area contributed by atoms with E-state index in [0.29, 0.717) is 18.7 Å². The molecule has 0 spiro atoms. The number of nitrogens with one attached hydrogen (secondary N) is 1. The number of benzene rings is 3. The lowest BCUT2D eigenvalue weighted by Crippen LogP contribution is -2.52. The van der Waals surface area contributed by atoms with Crippen LogP contribution in [0.1, 0.15) is 30.9 Å². The first-order valence-corrected chi connectivity index (χ1v) is 12.3. The number of likely N-dealkylation sites (N-methyl/N-ethyl adjacent to an activating group) is 1. The first-order valence-electron chi connectivity index (χ1n) is 12.3. The smallest absolute Gasteiger partial charge is 0.249 e. The molecule has 1 heterocycles. The molecule has 0 saturated heterocycles. The Labute approximate surface area is 206 Å². The highest BCUT2D eigenvalue weighted by atomic mass is 19.1. The Morgan fingerprint density at radius 3 is 2.43 bits per heavy atom. The van der Waals surface area contributed by atoms with Crippen molar-refractivity contribution in [2.24, 2.45) is 0 Å². The van der Waals surface area contributed by atoms with E-state index in [9.17, 15) is 14.0 Å². The number of fused-ring (bicyclic) bond motifs is 1. The number of rotatable bonds is 8. The van der Waals surface area contributed by atoms with Crippen molar-refractivity contribution in [3.63, 3.8) is 0 Å². The van der Waals surface area contributed by atoms with Crippen LogP contribution < -0.4 is 15.1 Å². The summed E-state index contributed by atoms with van der Waals surface area (Å²) in [5, 5.41) is 3.01. The van der Waals surface area contributed by atoms with Crippen LogP contribution in [0.15, 0.2) is 78.9 Å². The number of halogens is 1. The van der Waals surface area contributed by atoms with Gasteiger partial charge in [-0.25, -0.2) is 4.39 Å². The third-order valence-electron chi connectivity index (χ3n) is 6.43. The number of carbonyl (C=O) groups is 2. The average molecular weight is 474 g/mol. The van der Waals surface area contributed by atoms with Gasteiger partial charge in [-0.3, -0.25) is 9.59 Å². The van der Waals surface area contributed by atoms with Crippen molar-refractivity contribution >= 4 is 23.2 Å². The lowest BCUT2D eigenvalue weighted by Gasteiger charge is -2.29. The van der Waals surface area contributed by atoms with Crippen LogP contribution in [-0.4, -0.2) is 37.5 Å². The SMILES string of the molecule is CCN(C(=O)C(Cc1ccccc1)NC(=O)CN1CCCCc2ccccc21)c1ccc(F)cc1. The van der Waals surface area contributed by atoms with E-state index in [1.54, 1.807) is 17.0 Å². The van der Waals surface area contributed by atoms with Crippen molar-refractivity contribution in [3.05, 3.63) is 95.8 Å². The third kappa shape index (κ3) is 6.27. The van der Waals surface area contributed by atoms with Crippen molar-refractivity contribution in [1.82, 2.24) is 5.32 Å². The zero-order chi connectivity index (χ0) is 24.6. The summed E-state index contributed by atoms with van der Waals surface area (Å²) in [6.45, 7) is 3.28. The standard InChI is InChI=1S/C29H32FN3O2/c1-2-33(25-17-15-24(30)16-18-25)29(35)26(20-22-10-4-3-5-11-22)31-28(34)21-32-19-9-8-13-23-12-6-7-14-27(23)32/h3-7,10-12,14-18,26H,2,8-9,13,19-21H2,1H3,(H,31,34). The van der Waals surface area contributed by atoms with Crippen LogP contribution in [-0.2, 0) is 22.4 Å². The van der Waals surface area contributed by atoms with Crippen LogP contribution >= 0.6 is 0 Å². The van der Waals surface area contributed by atoms with Gasteiger partial charge in [-0.1, -0.05) is 48.5 Å². The number of anilines is 2. The topological polar surface area (TPSA) is 52.7 Å². The van der Waals surface area contributed by atoms with Crippen molar-refractivity contribution in [2.45, 2.75) is 38.6 Å². The van der Waals surface area contributed by atoms with E-state index in [1.165, 1.54) is 17.7 Å². The third-order valence-corrected chi connectivity index (χ3v) is 6.43. The Hall–Kier alpha value is -3.67. The molecule has 4 rings (SSSR count). The second-order valence-electron chi connectivity index (χ2n) is 8.88. The molecule has 0 saturated carbocycles. The number of hydrogen-bond acceptors (Lipinski definition) is 3. The van der Waals surface area contributed by atoms with E-state index in [0.717, 1.165) is 37.1 Å². The molecule has 2 amide bonds. The predicted molar refractivity (Wildman–Crippen MR) is 138 cm³/mol. The van der Waals surface area contributed by atoms with E-state index < -0.39 is 6.04 Å². The highest BCUT2D eigenvalue weighted by molar-refractivity contribution is 5.99. The number of carbonyl (C=O) groups excluding carboxylic acids is 2. The van der Waals surface area contributed by atoms with E-state index in [4.69, 9.17) is 0 Å². The number of amides is 2. The number of hydrogen-bond donors (Lipinski definition) is 1. The van der Waals surface area contributed by atoms with Crippen LogP contribution in [0, 0.1) is 5.82 Å². The largest absolute Gasteiger partial charge is 0.362 e. The Kier molecular flexibility index (Phi) is 8.14. The van der Waals surface area contributed by atoms with E-state index in [-0.39, 0.29) is 24.2 Å². The second kappa shape index (κ2) is 11.6. The van der Waals surface area contributed by atoms with Gasteiger partial charge in [-0.05, 0) is 67.6 Å². The summed E-state index contributed by atoms with van der Waals surface area (Å²) in [7, 11) is 0. The first kappa shape index (κ1) is 24.5. The second-order valence-corrected chi connectivity index (χ2v) is 8.88. The molecular weight excluding hydrogens is 441 g/mol. The average Bonchev–Trinajstić information content (AvgIpc) is 3.08. The van der Waals surface area contributed by atoms with Gasteiger partial charge < -0.3 is 15.1 Å². The minimum absolute atomic E-state index is 0.189. The van der Waals surface area contributed by atoms with Crippen molar-refractivity contribution in [2.75, 3.05) is 29.4 Å². The Balaban J connectivity index is 1.54. The van der Waals surface area contributed by atoms with Crippen molar-refractivity contribution < 1.29 is 14.0 Å². The number of nitrogens with zero attached hydrogens (tertiary/aromatic N) is 2. The summed E-state index contributed by atoms with van der Waals surface area (Å²) >= 11 is 0. The molecule has 0 fully saturated rings. The molecule has 0 aromatic heterocycles. The molecular formula is C29H32FN3O2. The summed E-state index contributed by atoms with van der Waals surface area (Å²) in [5.74, 6) is -0.761. The molecule has 0 bridgehead atoms. The maximum atomic E-state index is 13.6. The fraction of sp³-hybridized carbons (Fsp3) is 0.310. The maximum absolute atomic E-state index is 13.6. The highest BCUT2D eigenvalue weighted by Gasteiger charge is 2.28. The monoisotopic (exact) mass is 473 g/mol. The fourth-order valence-corrected chi connectivity index (χ4v) is 4.67. The van der Waals surface area contributed by atoms with Gasteiger partial charge in [-0.15, -0.1) is 0 Å². The zero-order valence-corrected chi connectivity index (χ0v) is 20.1. The van der Waals surface area contributed by atoms with Gasteiger partial charge in [0.25, 0.3) is 0 Å². The van der Waals surface area contributed by atoms with Gasteiger partial charge in [-0.2, -0.15) is 0 Å². The lowest BCUT2D eigenvalue weighted by atomic mass is 10.0. The zero-order valence-electron chi connectivity index (χ0n) is 20.1. The van der Waals surface area contributed by atoms with Gasteiger partial charge in [0.2, 0.25) is 11.8 Å². The molecule has 182 valence electrons. The first-order chi connectivity index (χ1) is 17.0. The number of para-hydroxylation sites is 1. The van der Waals surface area contributed by atoms with Gasteiger partial charge in [0.05, 0.1) is 6.54 Å². The molecule has 1 atom stereocenters. The fourth-order valence-electron chi connectivity index (χ4n) is 4.67. The molecule has 3 aromatic carbocycles. The van der Waals surface area contributed by atoms with Gasteiger partial charge in [0.15, 0.2) is 0 Å². The van der Waals surface area contributed by atoms with Crippen LogP contribution in [0.5, 0.6) is 0 Å². The van der Waals surface area contributed by atoms with Gasteiger partial charge in [0.1, 0.15) is 11.9 Å². The Morgan fingerprint density at radius 1 is 0.971 bits per heavy atom. The summed E-state index contributed by atoms with van der Waals surface area (Å²) in [6.07, 6.45) is 3.49. The number of aryl methyl sites for hydroxylation is 1. The van der Waals surface area contributed by atoms with E-state index in [1.807, 2.05) is 49.4 Å². The van der Waals surface area contributed by atoms with Crippen molar-refractivity contribution in [3.8, 4) is 0 Å². The molecule has 0 radical (unpaired) electrons. The molecule has 1 N–H and O–H groups in total. The molecule has 1 unspecified atom stereocenters. The lowest BCUT2D eigenvalue weighted by molar-refractivity contribution is -0.126. The molecule has 35 heavy (non-hydrogen) atoms. The molecule has 1 aliphatic heterocycles. The van der Waals surface area contributed by atoms with Gasteiger partial charge in [0, 0.05) is 30.9 Å². The van der Waals surface area contributed by atoms with Crippen LogP contribution in [0.3, 0.4) is 0 Å². The van der Waals surface area contributed by atoms with Crippen LogP contribution in [0.25, 0.3) is 0 Å².